The summed E-state index contributed by atoms with van der Waals surface area (Å²) in [5.74, 6) is 0.258. The van der Waals surface area contributed by atoms with Crippen LogP contribution in [0.5, 0.6) is 5.75 Å². The Bertz CT molecular complexity index is 1970. The predicted octanol–water partition coefficient (Wildman–Crippen LogP) is 7.64. The van der Waals surface area contributed by atoms with Crippen LogP contribution in [-0.2, 0) is 0 Å². The van der Waals surface area contributed by atoms with Crippen molar-refractivity contribution in [3.8, 4) is 5.75 Å². The Labute approximate surface area is 274 Å². The lowest BCUT2D eigenvalue weighted by molar-refractivity contribution is 0.479. The molecule has 0 fully saturated rings. The molecule has 0 aliphatic carbocycles. The van der Waals surface area contributed by atoms with Gasteiger partial charge in [0.25, 0.3) is 0 Å². The number of fused-ring (bicyclic) bond motifs is 2. The van der Waals surface area contributed by atoms with Gasteiger partial charge in [-0.1, -0.05) is 140 Å². The third-order valence-corrected chi connectivity index (χ3v) is 12.8. The molecule has 6 heteroatoms. The molecule has 0 atom stereocenters. The molecule has 6 aromatic carbocycles. The Morgan fingerprint density at radius 1 is 0.622 bits per heavy atom. The van der Waals surface area contributed by atoms with Crippen LogP contribution in [0.3, 0.4) is 0 Å². The summed E-state index contributed by atoms with van der Waals surface area (Å²) >= 11 is 9.53. The molecule has 1 aromatic heterocycles. The van der Waals surface area contributed by atoms with Gasteiger partial charge in [0.2, 0.25) is 0 Å². The van der Waals surface area contributed by atoms with Gasteiger partial charge in [-0.15, -0.1) is 23.2 Å². The fourth-order valence-corrected chi connectivity index (χ4v) is 11.0. The van der Waals surface area contributed by atoms with Gasteiger partial charge in [0, 0.05) is 23.4 Å². The number of phenolic OH excluding ortho intramolecular Hbond substituents is 1. The molecule has 0 aliphatic rings. The number of phenols is 1. The number of hydrogen-bond acceptors (Lipinski definition) is 3. The highest BCUT2D eigenvalue weighted by Gasteiger charge is 2.43. The second-order valence-electron chi connectivity index (χ2n) is 10.5. The van der Waals surface area contributed by atoms with E-state index >= 15 is 0 Å². The fourth-order valence-electron chi connectivity index (χ4n) is 6.14. The van der Waals surface area contributed by atoms with Gasteiger partial charge in [-0.3, -0.25) is 9.98 Å². The molecule has 0 radical (unpaired) electrons. The third-order valence-electron chi connectivity index (χ3n) is 8.03. The maximum absolute atomic E-state index is 12.4. The Kier molecular flexibility index (Phi) is 9.37. The number of alkyl halides is 2. The number of halogens is 2. The van der Waals surface area contributed by atoms with Crippen molar-refractivity contribution in [3.63, 3.8) is 0 Å². The second-order valence-corrected chi connectivity index (χ2v) is 15.0. The van der Waals surface area contributed by atoms with Crippen molar-refractivity contribution in [3.05, 3.63) is 163 Å². The molecular formula is C39H30Cl2N2OSi. The molecule has 0 amide bonds. The van der Waals surface area contributed by atoms with E-state index in [1.54, 1.807) is 6.20 Å². The zero-order valence-electron chi connectivity index (χ0n) is 24.4. The molecule has 1 heterocycles. The second kappa shape index (κ2) is 13.9. The zero-order valence-corrected chi connectivity index (χ0v) is 26.9. The smallest absolute Gasteiger partial charge is 0.184 e. The van der Waals surface area contributed by atoms with Crippen LogP contribution in [-0.4, -0.2) is 29.7 Å². The highest BCUT2D eigenvalue weighted by atomic mass is 35.5. The summed E-state index contributed by atoms with van der Waals surface area (Å²) < 4.78 is 0. The Morgan fingerprint density at radius 2 is 1.13 bits per heavy atom. The molecule has 1 N–H and O–H groups in total. The standard InChI is InChI=1S/C38H28N2OSi.CH2Cl2/c41-38-34(27-40-35-24-12-15-28-16-13-25-39-37(28)35)33-23-11-10-14-29(33)26-36(38)42(30-17-4-1-5-18-30,31-19-6-2-7-20-31)32-21-8-3-9-22-32;2-1-3/h1-27,41H;1H2. The number of benzene rings is 6. The molecule has 7 aromatic rings. The van der Waals surface area contributed by atoms with E-state index in [0.29, 0.717) is 5.56 Å². The molecule has 3 nitrogen and oxygen atoms in total. The van der Waals surface area contributed by atoms with Crippen molar-refractivity contribution < 1.29 is 5.11 Å². The molecule has 0 saturated heterocycles. The van der Waals surface area contributed by atoms with Gasteiger partial charge >= 0.3 is 0 Å². The number of pyridine rings is 1. The third kappa shape index (κ3) is 5.88. The summed E-state index contributed by atoms with van der Waals surface area (Å²) in [6.07, 6.45) is 3.60. The minimum Gasteiger partial charge on any atom is -0.507 e. The number of aliphatic imine (C=N–C) groups is 1. The summed E-state index contributed by atoms with van der Waals surface area (Å²) in [7, 11) is -2.97. The molecule has 220 valence electrons. The average molecular weight is 642 g/mol. The molecular weight excluding hydrogens is 611 g/mol. The molecule has 0 bridgehead atoms. The van der Waals surface area contributed by atoms with Crippen LogP contribution in [0, 0.1) is 0 Å². The summed E-state index contributed by atoms with van der Waals surface area (Å²) in [6.45, 7) is 0. The van der Waals surface area contributed by atoms with Gasteiger partial charge in [0.1, 0.15) is 5.75 Å². The topological polar surface area (TPSA) is 45.5 Å². The lowest BCUT2D eigenvalue weighted by Gasteiger charge is -2.35. The van der Waals surface area contributed by atoms with Crippen LogP contribution >= 0.6 is 23.2 Å². The maximum Gasteiger partial charge on any atom is 0.184 e. The van der Waals surface area contributed by atoms with Gasteiger partial charge in [-0.2, -0.15) is 0 Å². The van der Waals surface area contributed by atoms with Crippen LogP contribution in [0.15, 0.2) is 163 Å². The number of aromatic hydroxyl groups is 1. The van der Waals surface area contributed by atoms with Gasteiger partial charge in [0.05, 0.1) is 16.5 Å². The van der Waals surface area contributed by atoms with E-state index in [-0.39, 0.29) is 11.1 Å². The van der Waals surface area contributed by atoms with Crippen molar-refractivity contribution in [1.29, 1.82) is 0 Å². The van der Waals surface area contributed by atoms with Gasteiger partial charge in [-0.25, -0.2) is 0 Å². The zero-order chi connectivity index (χ0) is 31.1. The minimum absolute atomic E-state index is 0.194. The Balaban J connectivity index is 0.00000115. The fraction of sp³-hybridized carbons (Fsp3) is 0.0256. The van der Waals surface area contributed by atoms with Crippen molar-refractivity contribution in [2.24, 2.45) is 4.99 Å². The first-order valence-electron chi connectivity index (χ1n) is 14.6. The summed E-state index contributed by atoms with van der Waals surface area (Å²) in [4.78, 5) is 9.51. The first-order chi connectivity index (χ1) is 22.2. The highest BCUT2D eigenvalue weighted by molar-refractivity contribution is 7.20. The van der Waals surface area contributed by atoms with Crippen molar-refractivity contribution in [2.75, 3.05) is 5.34 Å². The van der Waals surface area contributed by atoms with Gasteiger partial charge < -0.3 is 5.11 Å². The van der Waals surface area contributed by atoms with Crippen LogP contribution in [0.1, 0.15) is 5.56 Å². The van der Waals surface area contributed by atoms with Crippen molar-refractivity contribution >= 4 is 85.6 Å². The van der Waals surface area contributed by atoms with E-state index in [9.17, 15) is 5.11 Å². The van der Waals surface area contributed by atoms with E-state index in [1.165, 1.54) is 15.6 Å². The largest absolute Gasteiger partial charge is 0.507 e. The quantitative estimate of drug-likeness (QED) is 0.0878. The van der Waals surface area contributed by atoms with E-state index in [4.69, 9.17) is 28.2 Å². The monoisotopic (exact) mass is 640 g/mol. The number of aromatic nitrogens is 1. The van der Waals surface area contributed by atoms with Gasteiger partial charge in [-0.05, 0) is 43.7 Å². The number of nitrogens with zero attached hydrogens (tertiary/aromatic N) is 2. The lowest BCUT2D eigenvalue weighted by Crippen LogP contribution is -2.74. The minimum atomic E-state index is -2.97. The van der Waals surface area contributed by atoms with Crippen molar-refractivity contribution in [1.82, 2.24) is 4.98 Å². The van der Waals surface area contributed by atoms with Crippen LogP contribution in [0.4, 0.5) is 5.69 Å². The molecule has 45 heavy (non-hydrogen) atoms. The van der Waals surface area contributed by atoms with E-state index in [2.05, 4.69) is 120 Å². The Hall–Kier alpha value is -4.74. The lowest BCUT2D eigenvalue weighted by atomic mass is 10.0. The SMILES string of the molecule is ClCCl.Oc1c([Si](c2ccccc2)(c2ccccc2)c2ccccc2)cc2ccccc2c1C=Nc1cccc2cccnc12. The Morgan fingerprint density at radius 3 is 1.73 bits per heavy atom. The number of hydrogen-bond donors (Lipinski definition) is 1. The van der Waals surface area contributed by atoms with Crippen LogP contribution in [0.2, 0.25) is 0 Å². The first kappa shape index (κ1) is 30.3. The molecule has 0 saturated carbocycles. The van der Waals surface area contributed by atoms with Crippen LogP contribution in [0.25, 0.3) is 21.7 Å². The van der Waals surface area contributed by atoms with Crippen molar-refractivity contribution in [2.45, 2.75) is 0 Å². The van der Waals surface area contributed by atoms with E-state index < -0.39 is 8.07 Å². The molecule has 7 rings (SSSR count). The average Bonchev–Trinajstić information content (AvgIpc) is 3.10. The molecule has 0 unspecified atom stereocenters. The molecule has 0 aliphatic heterocycles. The molecule has 0 spiro atoms. The summed E-state index contributed by atoms with van der Waals surface area (Å²) in [5, 5.41) is 20.2. The van der Waals surface area contributed by atoms with Crippen LogP contribution < -0.4 is 20.7 Å². The number of rotatable bonds is 6. The number of para-hydroxylation sites is 1. The van der Waals surface area contributed by atoms with E-state index in [1.807, 2.05) is 42.6 Å². The highest BCUT2D eigenvalue weighted by Crippen LogP contribution is 2.29. The summed E-state index contributed by atoms with van der Waals surface area (Å²) in [5.41, 5.74) is 2.30. The summed E-state index contributed by atoms with van der Waals surface area (Å²) in [6, 6.07) is 52.3. The normalized spacial score (nSPS) is 11.4. The van der Waals surface area contributed by atoms with E-state index in [0.717, 1.165) is 32.5 Å². The maximum atomic E-state index is 12.4. The van der Waals surface area contributed by atoms with Gasteiger partial charge in [0.15, 0.2) is 8.07 Å². The first-order valence-corrected chi connectivity index (χ1v) is 17.7. The predicted molar refractivity (Wildman–Crippen MR) is 195 cm³/mol.